The standard InChI is InChI=1S/C10H18O4SSi/c1-14-9(13)6-5-15-10(16(2,3)4)7(6)8(11)12/h6-7,10H,5H2,1-4H3,(H,11,12)/t6-,7+,10-/m0/s1. The second-order valence-electron chi connectivity index (χ2n) is 5.11. The van der Waals surface area contributed by atoms with Crippen LogP contribution in [0, 0.1) is 11.8 Å². The Hall–Kier alpha value is -0.493. The van der Waals surface area contributed by atoms with E-state index in [2.05, 4.69) is 24.4 Å². The molecular weight excluding hydrogens is 244 g/mol. The van der Waals surface area contributed by atoms with Crippen molar-refractivity contribution in [1.82, 2.24) is 0 Å². The zero-order valence-electron chi connectivity index (χ0n) is 10.0. The van der Waals surface area contributed by atoms with Gasteiger partial charge in [-0.25, -0.2) is 0 Å². The summed E-state index contributed by atoms with van der Waals surface area (Å²) in [5.74, 6) is -1.75. The lowest BCUT2D eigenvalue weighted by molar-refractivity contribution is -0.153. The second-order valence-corrected chi connectivity index (χ2v) is 12.1. The van der Waals surface area contributed by atoms with Crippen LogP contribution in [0.2, 0.25) is 19.6 Å². The van der Waals surface area contributed by atoms with Crippen molar-refractivity contribution in [3.05, 3.63) is 0 Å². The molecule has 1 aliphatic heterocycles. The number of carboxylic acids is 1. The third-order valence-corrected chi connectivity index (χ3v) is 8.75. The van der Waals surface area contributed by atoms with E-state index in [0.717, 1.165) is 0 Å². The molecule has 4 nitrogen and oxygen atoms in total. The lowest BCUT2D eigenvalue weighted by atomic mass is 9.96. The van der Waals surface area contributed by atoms with Gasteiger partial charge >= 0.3 is 11.9 Å². The first-order valence-electron chi connectivity index (χ1n) is 5.21. The summed E-state index contributed by atoms with van der Waals surface area (Å²) in [6.45, 7) is 6.42. The minimum atomic E-state index is -1.58. The van der Waals surface area contributed by atoms with Gasteiger partial charge in [-0.2, -0.15) is 11.8 Å². The van der Waals surface area contributed by atoms with E-state index in [1.807, 2.05) is 0 Å². The maximum absolute atomic E-state index is 11.5. The van der Waals surface area contributed by atoms with Crippen molar-refractivity contribution in [2.24, 2.45) is 11.8 Å². The molecule has 0 aliphatic carbocycles. The molecule has 92 valence electrons. The van der Waals surface area contributed by atoms with E-state index in [-0.39, 0.29) is 10.8 Å². The van der Waals surface area contributed by atoms with Crippen LogP contribution in [0.15, 0.2) is 0 Å². The molecule has 3 atom stereocenters. The minimum Gasteiger partial charge on any atom is -0.481 e. The first-order valence-corrected chi connectivity index (χ1v) is 9.84. The fourth-order valence-electron chi connectivity index (χ4n) is 2.08. The van der Waals surface area contributed by atoms with E-state index in [1.165, 1.54) is 7.11 Å². The average Bonchev–Trinajstić information content (AvgIpc) is 2.59. The van der Waals surface area contributed by atoms with Gasteiger partial charge in [-0.3, -0.25) is 9.59 Å². The smallest absolute Gasteiger partial charge is 0.310 e. The fraction of sp³-hybridized carbons (Fsp3) is 0.800. The monoisotopic (exact) mass is 262 g/mol. The second kappa shape index (κ2) is 4.79. The summed E-state index contributed by atoms with van der Waals surface area (Å²) >= 11 is 1.62. The Kier molecular flexibility index (Phi) is 4.06. The quantitative estimate of drug-likeness (QED) is 0.616. The molecule has 0 aromatic heterocycles. The average molecular weight is 262 g/mol. The summed E-state index contributed by atoms with van der Waals surface area (Å²) in [5.41, 5.74) is 0. The van der Waals surface area contributed by atoms with E-state index < -0.39 is 25.9 Å². The van der Waals surface area contributed by atoms with Crippen molar-refractivity contribution in [1.29, 1.82) is 0 Å². The number of carbonyl (C=O) groups excluding carboxylic acids is 1. The third-order valence-electron chi connectivity index (χ3n) is 2.86. The zero-order chi connectivity index (χ0) is 12.5. The van der Waals surface area contributed by atoms with Gasteiger partial charge in [0.1, 0.15) is 0 Å². The summed E-state index contributed by atoms with van der Waals surface area (Å²) in [5, 5.41) is 9.26. The highest BCUT2D eigenvalue weighted by Crippen LogP contribution is 2.42. The van der Waals surface area contributed by atoms with Gasteiger partial charge in [0.2, 0.25) is 0 Å². The summed E-state index contributed by atoms with van der Waals surface area (Å²) in [7, 11) is -0.263. The van der Waals surface area contributed by atoms with Gasteiger partial charge in [-0.05, 0) is 0 Å². The number of aliphatic carboxylic acids is 1. The van der Waals surface area contributed by atoms with Gasteiger partial charge in [0.25, 0.3) is 0 Å². The number of carboxylic acid groups (broad SMARTS) is 1. The van der Waals surface area contributed by atoms with Crippen LogP contribution in [0.4, 0.5) is 0 Å². The van der Waals surface area contributed by atoms with Gasteiger partial charge in [-0.1, -0.05) is 19.6 Å². The van der Waals surface area contributed by atoms with Crippen molar-refractivity contribution in [2.45, 2.75) is 24.5 Å². The molecule has 1 aliphatic rings. The Labute approximate surface area is 101 Å². The number of hydrogen-bond donors (Lipinski definition) is 1. The Morgan fingerprint density at radius 2 is 1.94 bits per heavy atom. The van der Waals surface area contributed by atoms with E-state index in [1.54, 1.807) is 11.8 Å². The molecule has 0 unspecified atom stereocenters. The molecule has 1 heterocycles. The molecule has 1 rings (SSSR count). The van der Waals surface area contributed by atoms with E-state index in [4.69, 9.17) is 0 Å². The van der Waals surface area contributed by atoms with Crippen LogP contribution in [-0.2, 0) is 14.3 Å². The topological polar surface area (TPSA) is 63.6 Å². The van der Waals surface area contributed by atoms with Crippen LogP contribution >= 0.6 is 11.8 Å². The number of carbonyl (C=O) groups is 2. The Bertz CT molecular complexity index is 300. The molecule has 0 spiro atoms. The molecule has 0 aromatic carbocycles. The number of methoxy groups -OCH3 is 1. The predicted molar refractivity (Wildman–Crippen MR) is 66.2 cm³/mol. The highest BCUT2D eigenvalue weighted by atomic mass is 32.2. The summed E-state index contributed by atoms with van der Waals surface area (Å²) in [6, 6.07) is 0. The first-order chi connectivity index (χ1) is 7.29. The van der Waals surface area contributed by atoms with Crippen molar-refractivity contribution in [2.75, 3.05) is 12.9 Å². The molecular formula is C10H18O4SSi. The number of esters is 1. The van der Waals surface area contributed by atoms with Gasteiger partial charge in [0.05, 0.1) is 27.0 Å². The Balaban J connectivity index is 2.94. The highest BCUT2D eigenvalue weighted by molar-refractivity contribution is 8.02. The van der Waals surface area contributed by atoms with Crippen LogP contribution in [0.3, 0.4) is 0 Å². The van der Waals surface area contributed by atoms with Crippen LogP contribution in [0.25, 0.3) is 0 Å². The lowest BCUT2D eigenvalue weighted by Crippen LogP contribution is -2.45. The molecule has 0 saturated carbocycles. The molecule has 0 amide bonds. The van der Waals surface area contributed by atoms with Crippen molar-refractivity contribution < 1.29 is 19.4 Å². The first kappa shape index (κ1) is 13.6. The summed E-state index contributed by atoms with van der Waals surface area (Å²) < 4.78 is 4.68. The third kappa shape index (κ3) is 2.60. The maximum atomic E-state index is 11.5. The highest BCUT2D eigenvalue weighted by Gasteiger charge is 2.50. The normalized spacial score (nSPS) is 30.1. The predicted octanol–water partition coefficient (Wildman–Crippen LogP) is 1.47. The van der Waals surface area contributed by atoms with Crippen molar-refractivity contribution in [3.63, 3.8) is 0 Å². The van der Waals surface area contributed by atoms with Gasteiger partial charge < -0.3 is 9.84 Å². The van der Waals surface area contributed by atoms with Gasteiger partial charge in [-0.15, -0.1) is 0 Å². The molecule has 16 heavy (non-hydrogen) atoms. The zero-order valence-corrected chi connectivity index (χ0v) is 11.8. The molecule has 0 aromatic rings. The van der Waals surface area contributed by atoms with E-state index in [0.29, 0.717) is 5.75 Å². The molecule has 0 radical (unpaired) electrons. The van der Waals surface area contributed by atoms with E-state index in [9.17, 15) is 14.7 Å². The molecule has 1 saturated heterocycles. The Morgan fingerprint density at radius 1 is 1.38 bits per heavy atom. The molecule has 6 heteroatoms. The number of ether oxygens (including phenoxy) is 1. The van der Waals surface area contributed by atoms with Crippen LogP contribution in [0.5, 0.6) is 0 Å². The summed E-state index contributed by atoms with van der Waals surface area (Å²) in [6.07, 6.45) is 0. The van der Waals surface area contributed by atoms with Gasteiger partial charge in [0.15, 0.2) is 0 Å². The summed E-state index contributed by atoms with van der Waals surface area (Å²) in [4.78, 5) is 22.9. The van der Waals surface area contributed by atoms with Gasteiger partial charge in [0, 0.05) is 10.6 Å². The molecule has 1 N–H and O–H groups in total. The molecule has 1 fully saturated rings. The van der Waals surface area contributed by atoms with Crippen LogP contribution < -0.4 is 0 Å². The van der Waals surface area contributed by atoms with Crippen molar-refractivity contribution >= 4 is 31.8 Å². The van der Waals surface area contributed by atoms with Crippen molar-refractivity contribution in [3.8, 4) is 0 Å². The van der Waals surface area contributed by atoms with Crippen LogP contribution in [-0.4, -0.2) is 42.9 Å². The Morgan fingerprint density at radius 3 is 2.31 bits per heavy atom. The maximum Gasteiger partial charge on any atom is 0.310 e. The lowest BCUT2D eigenvalue weighted by Gasteiger charge is -2.28. The van der Waals surface area contributed by atoms with E-state index >= 15 is 0 Å². The number of hydrogen-bond acceptors (Lipinski definition) is 4. The number of rotatable bonds is 3. The number of thioether (sulfide) groups is 1. The minimum absolute atomic E-state index is 0.0918. The molecule has 0 bridgehead atoms. The fourth-order valence-corrected chi connectivity index (χ4v) is 7.09. The largest absolute Gasteiger partial charge is 0.481 e. The van der Waals surface area contributed by atoms with Crippen LogP contribution in [0.1, 0.15) is 0 Å². The SMILES string of the molecule is COC(=O)[C@H]1CS[C@@H]([Si](C)(C)C)[C@H]1C(=O)O.